The second-order valence-electron chi connectivity index (χ2n) is 4.01. The number of nitrogens with zero attached hydrogens (tertiary/aromatic N) is 1. The van der Waals surface area contributed by atoms with Gasteiger partial charge in [0.25, 0.3) is 0 Å². The highest BCUT2D eigenvalue weighted by Gasteiger charge is 2.02. The first-order valence-electron chi connectivity index (χ1n) is 6.20. The topological polar surface area (TPSA) is 34.1 Å². The van der Waals surface area contributed by atoms with Gasteiger partial charge in [-0.3, -0.25) is 0 Å². The van der Waals surface area contributed by atoms with E-state index in [2.05, 4.69) is 22.6 Å². The monoisotopic (exact) mass is 262 g/mol. The number of hydrogen-bond acceptors (Lipinski definition) is 4. The van der Waals surface area contributed by atoms with Crippen molar-refractivity contribution >= 4 is 11.3 Å². The quantitative estimate of drug-likeness (QED) is 0.778. The van der Waals surface area contributed by atoms with Gasteiger partial charge in [-0.2, -0.15) is 0 Å². The average molecular weight is 262 g/mol. The van der Waals surface area contributed by atoms with Crippen LogP contribution in [-0.4, -0.2) is 11.5 Å². The van der Waals surface area contributed by atoms with Gasteiger partial charge in [0.1, 0.15) is 17.4 Å². The Morgan fingerprint density at radius 3 is 2.89 bits per heavy atom. The fourth-order valence-corrected chi connectivity index (χ4v) is 2.26. The van der Waals surface area contributed by atoms with Crippen molar-refractivity contribution in [2.24, 2.45) is 0 Å². The molecule has 0 aliphatic heterocycles. The molecule has 1 aromatic heterocycles. The number of para-hydroxylation sites is 1. The number of nitrogens with one attached hydrogen (secondary N) is 1. The molecule has 0 spiro atoms. The minimum atomic E-state index is 0.544. The summed E-state index contributed by atoms with van der Waals surface area (Å²) in [6.45, 7) is 4.58. The Morgan fingerprint density at radius 2 is 2.11 bits per heavy atom. The lowest BCUT2D eigenvalue weighted by molar-refractivity contribution is 0.305. The predicted octanol–water partition coefficient (Wildman–Crippen LogP) is 3.22. The number of rotatable bonds is 7. The minimum absolute atomic E-state index is 0.544. The lowest BCUT2D eigenvalue weighted by atomic mass is 10.3. The highest BCUT2D eigenvalue weighted by atomic mass is 32.1. The third-order valence-corrected chi connectivity index (χ3v) is 3.31. The molecule has 2 aromatic rings. The van der Waals surface area contributed by atoms with E-state index in [4.69, 9.17) is 4.74 Å². The van der Waals surface area contributed by atoms with E-state index < -0.39 is 0 Å². The van der Waals surface area contributed by atoms with Crippen LogP contribution in [0.1, 0.15) is 24.0 Å². The Labute approximate surface area is 112 Å². The highest BCUT2D eigenvalue weighted by Crippen LogP contribution is 2.14. The Kier molecular flexibility index (Phi) is 5.17. The Bertz CT molecular complexity index is 456. The van der Waals surface area contributed by atoms with E-state index in [1.165, 1.54) is 0 Å². The fraction of sp³-hybridized carbons (Fsp3) is 0.357. The molecule has 1 heterocycles. The van der Waals surface area contributed by atoms with Crippen molar-refractivity contribution in [3.63, 3.8) is 0 Å². The summed E-state index contributed by atoms with van der Waals surface area (Å²) in [5, 5.41) is 6.45. The van der Waals surface area contributed by atoms with Gasteiger partial charge in [0.15, 0.2) is 0 Å². The van der Waals surface area contributed by atoms with E-state index in [-0.39, 0.29) is 0 Å². The molecule has 0 atom stereocenters. The number of thiazole rings is 1. The Morgan fingerprint density at radius 1 is 1.28 bits per heavy atom. The molecule has 0 aliphatic carbocycles. The third kappa shape index (κ3) is 4.13. The smallest absolute Gasteiger partial charge is 0.140 e. The van der Waals surface area contributed by atoms with Crippen molar-refractivity contribution < 1.29 is 4.74 Å². The van der Waals surface area contributed by atoms with Gasteiger partial charge in [0, 0.05) is 11.9 Å². The summed E-state index contributed by atoms with van der Waals surface area (Å²) in [5.74, 6) is 0.887. The van der Waals surface area contributed by atoms with Crippen LogP contribution in [0, 0.1) is 0 Å². The highest BCUT2D eigenvalue weighted by molar-refractivity contribution is 7.09. The maximum Gasteiger partial charge on any atom is 0.140 e. The van der Waals surface area contributed by atoms with E-state index in [0.29, 0.717) is 6.61 Å². The van der Waals surface area contributed by atoms with Gasteiger partial charge in [-0.15, -0.1) is 11.3 Å². The van der Waals surface area contributed by atoms with Crippen LogP contribution in [0.5, 0.6) is 5.75 Å². The van der Waals surface area contributed by atoms with E-state index in [1.54, 1.807) is 11.3 Å². The molecule has 3 nitrogen and oxygen atoms in total. The number of aromatic nitrogens is 1. The first kappa shape index (κ1) is 13.1. The molecule has 0 aliphatic rings. The maximum atomic E-state index is 5.66. The van der Waals surface area contributed by atoms with E-state index in [0.717, 1.165) is 36.0 Å². The summed E-state index contributed by atoms with van der Waals surface area (Å²) in [7, 11) is 0. The zero-order valence-corrected chi connectivity index (χ0v) is 11.4. The van der Waals surface area contributed by atoms with Gasteiger partial charge in [0.2, 0.25) is 0 Å². The zero-order chi connectivity index (χ0) is 12.6. The van der Waals surface area contributed by atoms with Gasteiger partial charge in [-0.25, -0.2) is 4.98 Å². The molecule has 2 rings (SSSR count). The Hall–Kier alpha value is -1.39. The summed E-state index contributed by atoms with van der Waals surface area (Å²) in [6.07, 6.45) is 1.15. The average Bonchev–Trinajstić information content (AvgIpc) is 2.86. The van der Waals surface area contributed by atoms with Crippen molar-refractivity contribution in [2.45, 2.75) is 26.5 Å². The lowest BCUT2D eigenvalue weighted by Crippen LogP contribution is -2.14. The molecule has 0 unspecified atom stereocenters. The van der Waals surface area contributed by atoms with Gasteiger partial charge >= 0.3 is 0 Å². The van der Waals surface area contributed by atoms with Crippen LogP contribution in [0.3, 0.4) is 0 Å². The van der Waals surface area contributed by atoms with Gasteiger partial charge in [-0.1, -0.05) is 25.1 Å². The molecule has 4 heteroatoms. The number of ether oxygens (including phenoxy) is 1. The first-order chi connectivity index (χ1) is 8.88. The Balaban J connectivity index is 1.80. The fourth-order valence-electron chi connectivity index (χ4n) is 1.55. The molecule has 18 heavy (non-hydrogen) atoms. The largest absolute Gasteiger partial charge is 0.486 e. The van der Waals surface area contributed by atoms with E-state index in [1.807, 2.05) is 30.3 Å². The summed E-state index contributed by atoms with van der Waals surface area (Å²) in [5.41, 5.74) is 1.10. The lowest BCUT2D eigenvalue weighted by Gasteiger charge is -2.02. The van der Waals surface area contributed by atoms with Crippen LogP contribution in [0.4, 0.5) is 0 Å². The van der Waals surface area contributed by atoms with Crippen LogP contribution < -0.4 is 10.1 Å². The van der Waals surface area contributed by atoms with E-state index >= 15 is 0 Å². The van der Waals surface area contributed by atoms with Crippen molar-refractivity contribution in [1.29, 1.82) is 0 Å². The molecule has 0 radical (unpaired) electrons. The summed E-state index contributed by atoms with van der Waals surface area (Å²) >= 11 is 1.65. The van der Waals surface area contributed by atoms with Crippen LogP contribution in [0.2, 0.25) is 0 Å². The maximum absolute atomic E-state index is 5.66. The molecule has 0 fully saturated rings. The van der Waals surface area contributed by atoms with Crippen LogP contribution in [-0.2, 0) is 13.2 Å². The molecular formula is C14H18N2OS. The van der Waals surface area contributed by atoms with E-state index in [9.17, 15) is 0 Å². The van der Waals surface area contributed by atoms with Crippen LogP contribution in [0.25, 0.3) is 0 Å². The predicted molar refractivity (Wildman–Crippen MR) is 74.9 cm³/mol. The molecule has 0 bridgehead atoms. The second-order valence-corrected chi connectivity index (χ2v) is 4.95. The summed E-state index contributed by atoms with van der Waals surface area (Å²) in [4.78, 5) is 4.53. The van der Waals surface area contributed by atoms with Crippen molar-refractivity contribution in [3.8, 4) is 5.75 Å². The molecule has 0 saturated carbocycles. The SMILES string of the molecule is CCCNCc1csc(COc2ccccc2)n1. The van der Waals surface area contributed by atoms with Crippen molar-refractivity contribution in [1.82, 2.24) is 10.3 Å². The zero-order valence-electron chi connectivity index (χ0n) is 10.6. The first-order valence-corrected chi connectivity index (χ1v) is 7.08. The van der Waals surface area contributed by atoms with Crippen molar-refractivity contribution in [2.75, 3.05) is 6.54 Å². The normalized spacial score (nSPS) is 10.5. The van der Waals surface area contributed by atoms with Gasteiger partial charge < -0.3 is 10.1 Å². The summed E-state index contributed by atoms with van der Waals surface area (Å²) in [6, 6.07) is 9.83. The minimum Gasteiger partial charge on any atom is -0.486 e. The molecule has 0 amide bonds. The third-order valence-electron chi connectivity index (χ3n) is 2.44. The molecule has 96 valence electrons. The van der Waals surface area contributed by atoms with Crippen molar-refractivity contribution in [3.05, 3.63) is 46.4 Å². The standard InChI is InChI=1S/C14H18N2OS/c1-2-8-15-9-12-11-18-14(16-12)10-17-13-6-4-3-5-7-13/h3-7,11,15H,2,8-10H2,1H3. The molecule has 1 N–H and O–H groups in total. The number of hydrogen-bond donors (Lipinski definition) is 1. The molecular weight excluding hydrogens is 244 g/mol. The number of benzene rings is 1. The molecule has 0 saturated heterocycles. The van der Waals surface area contributed by atoms with Gasteiger partial charge in [-0.05, 0) is 25.1 Å². The van der Waals surface area contributed by atoms with Gasteiger partial charge in [0.05, 0.1) is 5.69 Å². The van der Waals surface area contributed by atoms with Crippen LogP contribution in [0.15, 0.2) is 35.7 Å². The molecule has 1 aromatic carbocycles. The van der Waals surface area contributed by atoms with Crippen LogP contribution >= 0.6 is 11.3 Å². The summed E-state index contributed by atoms with van der Waals surface area (Å²) < 4.78 is 5.66. The second kappa shape index (κ2) is 7.13.